The molecule has 0 unspecified atom stereocenters. The van der Waals surface area contributed by atoms with E-state index in [0.29, 0.717) is 5.75 Å². The van der Waals surface area contributed by atoms with E-state index >= 15 is 0 Å². The maximum absolute atomic E-state index is 12.1. The molecule has 0 aliphatic rings. The molecule has 0 aliphatic heterocycles. The highest BCUT2D eigenvalue weighted by atomic mass is 16.5. The highest BCUT2D eigenvalue weighted by molar-refractivity contribution is 5.83. The summed E-state index contributed by atoms with van der Waals surface area (Å²) >= 11 is 0. The van der Waals surface area contributed by atoms with Crippen LogP contribution in [0, 0.1) is 0 Å². The zero-order valence-electron chi connectivity index (χ0n) is 15.0. The molecular formula is C17H18N6O4. The van der Waals surface area contributed by atoms with Gasteiger partial charge < -0.3 is 9.30 Å². The Morgan fingerprint density at radius 3 is 2.81 bits per heavy atom. The van der Waals surface area contributed by atoms with Crippen LogP contribution in [0.3, 0.4) is 0 Å². The lowest BCUT2D eigenvalue weighted by Crippen LogP contribution is -2.37. The summed E-state index contributed by atoms with van der Waals surface area (Å²) < 4.78 is 8.79. The number of methoxy groups -OCH3 is 1. The maximum atomic E-state index is 12.1. The third-order valence-corrected chi connectivity index (χ3v) is 4.02. The van der Waals surface area contributed by atoms with E-state index < -0.39 is 17.2 Å². The van der Waals surface area contributed by atoms with Crippen molar-refractivity contribution in [2.24, 2.45) is 19.2 Å². The van der Waals surface area contributed by atoms with Gasteiger partial charge in [-0.1, -0.05) is 12.1 Å². The molecule has 1 aromatic carbocycles. The Morgan fingerprint density at radius 1 is 1.30 bits per heavy atom. The fraction of sp³-hybridized carbons (Fsp3) is 0.235. The van der Waals surface area contributed by atoms with Crippen LogP contribution in [0.4, 0.5) is 0 Å². The summed E-state index contributed by atoms with van der Waals surface area (Å²) in [5, 5.41) is 3.90. The summed E-state index contributed by atoms with van der Waals surface area (Å²) in [6, 6.07) is 7.19. The van der Waals surface area contributed by atoms with Crippen molar-refractivity contribution in [2.75, 3.05) is 7.11 Å². The number of ether oxygens (including phenoxy) is 1. The van der Waals surface area contributed by atoms with Crippen molar-refractivity contribution in [1.82, 2.24) is 24.1 Å². The molecule has 0 atom stereocenters. The maximum Gasteiger partial charge on any atom is 0.332 e. The van der Waals surface area contributed by atoms with E-state index in [2.05, 4.69) is 15.5 Å². The molecule has 1 amide bonds. The molecule has 2 aromatic heterocycles. The molecule has 0 saturated heterocycles. The average molecular weight is 370 g/mol. The molecular weight excluding hydrogens is 352 g/mol. The molecule has 3 rings (SSSR count). The second-order valence-corrected chi connectivity index (χ2v) is 5.82. The van der Waals surface area contributed by atoms with Gasteiger partial charge in [0.05, 0.1) is 19.7 Å². The van der Waals surface area contributed by atoms with Crippen LogP contribution in [-0.2, 0) is 25.4 Å². The monoisotopic (exact) mass is 370 g/mol. The van der Waals surface area contributed by atoms with Gasteiger partial charge in [-0.3, -0.25) is 18.7 Å². The zero-order chi connectivity index (χ0) is 19.6. The van der Waals surface area contributed by atoms with Crippen LogP contribution in [0.5, 0.6) is 5.75 Å². The van der Waals surface area contributed by atoms with Crippen molar-refractivity contribution in [3.05, 3.63) is 57.0 Å². The Kier molecular flexibility index (Phi) is 4.88. The number of imidazole rings is 1. The molecule has 2 heterocycles. The lowest BCUT2D eigenvalue weighted by Gasteiger charge is -2.07. The normalized spacial score (nSPS) is 11.2. The van der Waals surface area contributed by atoms with Gasteiger partial charge in [0, 0.05) is 14.1 Å². The Bertz CT molecular complexity index is 1150. The molecule has 3 aromatic rings. The van der Waals surface area contributed by atoms with Crippen molar-refractivity contribution >= 4 is 23.3 Å². The van der Waals surface area contributed by atoms with E-state index in [9.17, 15) is 14.4 Å². The number of benzene rings is 1. The zero-order valence-corrected chi connectivity index (χ0v) is 15.0. The molecule has 0 fully saturated rings. The summed E-state index contributed by atoms with van der Waals surface area (Å²) in [7, 11) is 4.46. The van der Waals surface area contributed by atoms with Gasteiger partial charge in [0.2, 0.25) is 0 Å². The Balaban J connectivity index is 1.78. The van der Waals surface area contributed by atoms with Crippen molar-refractivity contribution in [3.63, 3.8) is 0 Å². The molecule has 0 saturated carbocycles. The van der Waals surface area contributed by atoms with Crippen LogP contribution in [0.1, 0.15) is 5.56 Å². The lowest BCUT2D eigenvalue weighted by atomic mass is 10.2. The first kappa shape index (κ1) is 18.1. The van der Waals surface area contributed by atoms with E-state index in [1.54, 1.807) is 25.3 Å². The fourth-order valence-corrected chi connectivity index (χ4v) is 2.65. The van der Waals surface area contributed by atoms with Gasteiger partial charge >= 0.3 is 5.69 Å². The topological polar surface area (TPSA) is 113 Å². The van der Waals surface area contributed by atoms with E-state index in [1.807, 2.05) is 6.07 Å². The van der Waals surface area contributed by atoms with Crippen molar-refractivity contribution in [1.29, 1.82) is 0 Å². The summed E-state index contributed by atoms with van der Waals surface area (Å²) in [5.74, 6) is 0.249. The first-order valence-electron chi connectivity index (χ1n) is 7.99. The second-order valence-electron chi connectivity index (χ2n) is 5.82. The smallest absolute Gasteiger partial charge is 0.332 e. The minimum Gasteiger partial charge on any atom is -0.497 e. The summed E-state index contributed by atoms with van der Waals surface area (Å²) in [5.41, 5.74) is 2.55. The second kappa shape index (κ2) is 7.28. The van der Waals surface area contributed by atoms with Gasteiger partial charge in [-0.25, -0.2) is 15.2 Å². The largest absolute Gasteiger partial charge is 0.497 e. The Morgan fingerprint density at radius 2 is 2.07 bits per heavy atom. The van der Waals surface area contributed by atoms with Gasteiger partial charge in [-0.2, -0.15) is 5.10 Å². The molecule has 27 heavy (non-hydrogen) atoms. The van der Waals surface area contributed by atoms with Crippen LogP contribution < -0.4 is 21.4 Å². The lowest BCUT2D eigenvalue weighted by molar-refractivity contribution is -0.121. The predicted octanol–water partition coefficient (Wildman–Crippen LogP) is -0.407. The number of carbonyl (C=O) groups is 1. The first-order chi connectivity index (χ1) is 12.9. The number of nitrogens with one attached hydrogen (secondary N) is 1. The Hall–Kier alpha value is -3.69. The number of aromatic nitrogens is 4. The van der Waals surface area contributed by atoms with E-state index in [0.717, 1.165) is 10.1 Å². The number of hydrogen-bond donors (Lipinski definition) is 1. The van der Waals surface area contributed by atoms with Gasteiger partial charge in [-0.15, -0.1) is 0 Å². The number of fused-ring (bicyclic) bond motifs is 1. The average Bonchev–Trinajstić information content (AvgIpc) is 3.08. The third kappa shape index (κ3) is 3.50. The predicted molar refractivity (Wildman–Crippen MR) is 98.9 cm³/mol. The number of aryl methyl sites for hydroxylation is 1. The molecule has 1 N–H and O–H groups in total. The number of carbonyl (C=O) groups excluding carboxylic acids is 1. The van der Waals surface area contributed by atoms with Crippen LogP contribution in [0.15, 0.2) is 45.3 Å². The fourth-order valence-electron chi connectivity index (χ4n) is 2.65. The van der Waals surface area contributed by atoms with E-state index in [1.165, 1.54) is 35.8 Å². The number of amides is 1. The minimum absolute atomic E-state index is 0.118. The minimum atomic E-state index is -0.511. The van der Waals surface area contributed by atoms with Crippen molar-refractivity contribution in [3.8, 4) is 5.75 Å². The summed E-state index contributed by atoms with van der Waals surface area (Å²) in [6.45, 7) is -0.146. The van der Waals surface area contributed by atoms with Crippen LogP contribution in [0.25, 0.3) is 11.2 Å². The van der Waals surface area contributed by atoms with Gasteiger partial charge in [0.25, 0.3) is 11.5 Å². The highest BCUT2D eigenvalue weighted by Crippen LogP contribution is 2.10. The third-order valence-electron chi connectivity index (χ3n) is 4.02. The molecule has 10 nitrogen and oxygen atoms in total. The van der Waals surface area contributed by atoms with E-state index in [-0.39, 0.29) is 17.7 Å². The molecule has 0 radical (unpaired) electrons. The first-order valence-corrected chi connectivity index (χ1v) is 7.99. The van der Waals surface area contributed by atoms with Crippen molar-refractivity contribution < 1.29 is 9.53 Å². The quantitative estimate of drug-likeness (QED) is 0.485. The number of rotatable bonds is 5. The van der Waals surface area contributed by atoms with Crippen molar-refractivity contribution in [2.45, 2.75) is 6.54 Å². The van der Waals surface area contributed by atoms with Crippen LogP contribution in [-0.4, -0.2) is 37.9 Å². The van der Waals surface area contributed by atoms with Gasteiger partial charge in [0.15, 0.2) is 5.52 Å². The van der Waals surface area contributed by atoms with Gasteiger partial charge in [-0.05, 0) is 17.7 Å². The number of nitrogens with zero attached hydrogens (tertiary/aromatic N) is 5. The summed E-state index contributed by atoms with van der Waals surface area (Å²) in [4.78, 5) is 40.4. The van der Waals surface area contributed by atoms with Gasteiger partial charge in [0.1, 0.15) is 17.9 Å². The number of hydrogen-bond acceptors (Lipinski definition) is 6. The van der Waals surface area contributed by atoms with E-state index in [4.69, 9.17) is 4.74 Å². The molecule has 10 heteroatoms. The number of hydrazone groups is 1. The molecule has 0 spiro atoms. The SMILES string of the molecule is COc1cccc(/C=N/NC(=O)Cn2cnc3c(=O)n(C)c(=O)n(C)c32)c1. The highest BCUT2D eigenvalue weighted by Gasteiger charge is 2.15. The Labute approximate surface area is 153 Å². The summed E-state index contributed by atoms with van der Waals surface area (Å²) in [6.07, 6.45) is 2.83. The molecule has 140 valence electrons. The molecule has 0 aliphatic carbocycles. The van der Waals surface area contributed by atoms with Crippen LogP contribution in [0.2, 0.25) is 0 Å². The standard InChI is InChI=1S/C17H18N6O4/c1-21-15-14(16(25)22(2)17(21)26)18-10-23(15)9-13(24)20-19-8-11-5-4-6-12(7-11)27-3/h4-8,10H,9H2,1-3H3,(H,20,24)/b19-8+. The van der Waals surface area contributed by atoms with Crippen LogP contribution >= 0.6 is 0 Å². The molecule has 0 bridgehead atoms.